The Morgan fingerprint density at radius 3 is 2.72 bits per heavy atom. The van der Waals surface area contributed by atoms with E-state index in [1.165, 1.54) is 25.0 Å². The summed E-state index contributed by atoms with van der Waals surface area (Å²) in [6, 6.07) is 4.63. The lowest BCUT2D eigenvalue weighted by atomic mass is 10.1. The van der Waals surface area contributed by atoms with Crippen molar-refractivity contribution in [2.24, 2.45) is 5.41 Å². The van der Waals surface area contributed by atoms with E-state index in [2.05, 4.69) is 10.6 Å². The van der Waals surface area contributed by atoms with Crippen LogP contribution in [0.4, 0.5) is 4.39 Å². The maximum absolute atomic E-state index is 13.2. The fourth-order valence-corrected chi connectivity index (χ4v) is 2.32. The third-order valence-electron chi connectivity index (χ3n) is 3.57. The molecule has 0 spiro atoms. The van der Waals surface area contributed by atoms with Gasteiger partial charge in [0.25, 0.3) is 0 Å². The smallest absolute Gasteiger partial charge is 0.123 e. The first-order valence-electron chi connectivity index (χ1n) is 6.37. The molecule has 1 saturated carbocycles. The van der Waals surface area contributed by atoms with Gasteiger partial charge in [-0.15, -0.1) is 0 Å². The molecule has 100 valence electrons. The molecular formula is C14H21FN2O. The predicted molar refractivity (Wildman–Crippen MR) is 70.3 cm³/mol. The van der Waals surface area contributed by atoms with Crippen LogP contribution in [0.5, 0.6) is 5.75 Å². The van der Waals surface area contributed by atoms with Crippen LogP contribution in [-0.4, -0.2) is 27.2 Å². The summed E-state index contributed by atoms with van der Waals surface area (Å²) in [5, 5.41) is 6.63. The number of rotatable bonds is 7. The number of methoxy groups -OCH3 is 1. The van der Waals surface area contributed by atoms with E-state index in [0.717, 1.165) is 24.4 Å². The highest BCUT2D eigenvalue weighted by molar-refractivity contribution is 5.33. The number of ether oxygens (including phenoxy) is 1. The van der Waals surface area contributed by atoms with Crippen LogP contribution in [0.15, 0.2) is 18.2 Å². The van der Waals surface area contributed by atoms with Crippen LogP contribution in [0.25, 0.3) is 0 Å². The highest BCUT2D eigenvalue weighted by atomic mass is 19.1. The minimum atomic E-state index is -0.219. The Kier molecular flexibility index (Phi) is 4.19. The van der Waals surface area contributed by atoms with Gasteiger partial charge in [-0.05, 0) is 43.5 Å². The molecule has 1 aliphatic rings. The topological polar surface area (TPSA) is 33.3 Å². The number of hydrogen-bond acceptors (Lipinski definition) is 3. The number of halogens is 1. The van der Waals surface area contributed by atoms with Gasteiger partial charge in [0, 0.05) is 25.2 Å². The van der Waals surface area contributed by atoms with E-state index in [1.54, 1.807) is 13.2 Å². The van der Waals surface area contributed by atoms with Crippen LogP contribution in [0.2, 0.25) is 0 Å². The quantitative estimate of drug-likeness (QED) is 0.778. The Morgan fingerprint density at radius 1 is 1.33 bits per heavy atom. The molecule has 18 heavy (non-hydrogen) atoms. The Labute approximate surface area is 108 Å². The predicted octanol–water partition coefficient (Wildman–Crippen LogP) is 1.92. The van der Waals surface area contributed by atoms with E-state index in [4.69, 9.17) is 4.74 Å². The van der Waals surface area contributed by atoms with Crippen molar-refractivity contribution in [2.45, 2.75) is 19.4 Å². The zero-order chi connectivity index (χ0) is 13.0. The molecule has 0 radical (unpaired) electrons. The van der Waals surface area contributed by atoms with Gasteiger partial charge in [-0.2, -0.15) is 0 Å². The van der Waals surface area contributed by atoms with Gasteiger partial charge in [-0.3, -0.25) is 0 Å². The van der Waals surface area contributed by atoms with Crippen molar-refractivity contribution in [3.05, 3.63) is 29.6 Å². The van der Waals surface area contributed by atoms with E-state index in [9.17, 15) is 4.39 Å². The Bertz CT molecular complexity index is 405. The summed E-state index contributed by atoms with van der Waals surface area (Å²) in [6.07, 6.45) is 2.53. The summed E-state index contributed by atoms with van der Waals surface area (Å²) < 4.78 is 18.4. The van der Waals surface area contributed by atoms with Crippen molar-refractivity contribution >= 4 is 0 Å². The molecule has 0 bridgehead atoms. The van der Waals surface area contributed by atoms with Crippen LogP contribution in [0.1, 0.15) is 18.4 Å². The van der Waals surface area contributed by atoms with Crippen LogP contribution >= 0.6 is 0 Å². The standard InChI is InChI=1S/C14H21FN2O/c1-16-9-14(5-6-14)10-17-8-11-7-12(15)3-4-13(11)18-2/h3-4,7,16-17H,5-6,8-10H2,1-2H3. The Morgan fingerprint density at radius 2 is 2.11 bits per heavy atom. The molecular weight excluding hydrogens is 231 g/mol. The van der Waals surface area contributed by atoms with Crippen LogP contribution < -0.4 is 15.4 Å². The van der Waals surface area contributed by atoms with E-state index < -0.39 is 0 Å². The van der Waals surface area contributed by atoms with E-state index in [0.29, 0.717) is 12.0 Å². The fraction of sp³-hybridized carbons (Fsp3) is 0.571. The number of benzene rings is 1. The first kappa shape index (κ1) is 13.3. The second-order valence-electron chi connectivity index (χ2n) is 5.09. The van der Waals surface area contributed by atoms with E-state index in [-0.39, 0.29) is 5.82 Å². The normalized spacial score (nSPS) is 16.6. The summed E-state index contributed by atoms with van der Waals surface area (Å²) in [5.74, 6) is 0.520. The molecule has 1 aromatic carbocycles. The third kappa shape index (κ3) is 3.21. The second-order valence-corrected chi connectivity index (χ2v) is 5.09. The summed E-state index contributed by atoms with van der Waals surface area (Å²) in [5.41, 5.74) is 1.28. The highest BCUT2D eigenvalue weighted by Crippen LogP contribution is 2.44. The van der Waals surface area contributed by atoms with Gasteiger partial charge < -0.3 is 15.4 Å². The minimum absolute atomic E-state index is 0.219. The number of nitrogens with one attached hydrogen (secondary N) is 2. The monoisotopic (exact) mass is 252 g/mol. The molecule has 4 heteroatoms. The molecule has 1 fully saturated rings. The Balaban J connectivity index is 1.88. The molecule has 0 unspecified atom stereocenters. The molecule has 0 heterocycles. The van der Waals surface area contributed by atoms with Crippen molar-refractivity contribution in [2.75, 3.05) is 27.2 Å². The average molecular weight is 252 g/mol. The fourth-order valence-electron chi connectivity index (χ4n) is 2.32. The van der Waals surface area contributed by atoms with Gasteiger partial charge in [-0.25, -0.2) is 4.39 Å². The largest absolute Gasteiger partial charge is 0.496 e. The summed E-state index contributed by atoms with van der Waals surface area (Å²) in [7, 11) is 3.59. The van der Waals surface area contributed by atoms with Crippen LogP contribution in [0.3, 0.4) is 0 Å². The number of hydrogen-bond donors (Lipinski definition) is 2. The summed E-state index contributed by atoms with van der Waals surface area (Å²) in [6.45, 7) is 2.65. The van der Waals surface area contributed by atoms with Crippen LogP contribution in [0, 0.1) is 11.2 Å². The van der Waals surface area contributed by atoms with Gasteiger partial charge in [-0.1, -0.05) is 0 Å². The summed E-state index contributed by atoms with van der Waals surface area (Å²) in [4.78, 5) is 0. The van der Waals surface area contributed by atoms with Gasteiger partial charge in [0.05, 0.1) is 7.11 Å². The maximum Gasteiger partial charge on any atom is 0.123 e. The second kappa shape index (κ2) is 5.67. The lowest BCUT2D eigenvalue weighted by Gasteiger charge is -2.16. The van der Waals surface area contributed by atoms with Gasteiger partial charge in [0.2, 0.25) is 0 Å². The van der Waals surface area contributed by atoms with E-state index in [1.807, 2.05) is 7.05 Å². The lowest BCUT2D eigenvalue weighted by molar-refractivity contribution is 0.400. The zero-order valence-corrected chi connectivity index (χ0v) is 11.1. The van der Waals surface area contributed by atoms with Crippen molar-refractivity contribution in [3.63, 3.8) is 0 Å². The molecule has 3 nitrogen and oxygen atoms in total. The van der Waals surface area contributed by atoms with Crippen molar-refractivity contribution in [3.8, 4) is 5.75 Å². The molecule has 2 N–H and O–H groups in total. The van der Waals surface area contributed by atoms with Gasteiger partial charge in [0.1, 0.15) is 11.6 Å². The molecule has 2 rings (SSSR count). The highest BCUT2D eigenvalue weighted by Gasteiger charge is 2.41. The molecule has 0 atom stereocenters. The van der Waals surface area contributed by atoms with Crippen molar-refractivity contribution < 1.29 is 9.13 Å². The molecule has 0 aromatic heterocycles. The average Bonchev–Trinajstić information content (AvgIpc) is 3.10. The minimum Gasteiger partial charge on any atom is -0.496 e. The molecule has 0 amide bonds. The van der Waals surface area contributed by atoms with Gasteiger partial charge in [0.15, 0.2) is 0 Å². The van der Waals surface area contributed by atoms with E-state index >= 15 is 0 Å². The van der Waals surface area contributed by atoms with Crippen LogP contribution in [-0.2, 0) is 6.54 Å². The molecule has 1 aromatic rings. The zero-order valence-electron chi connectivity index (χ0n) is 11.1. The summed E-state index contributed by atoms with van der Waals surface area (Å²) >= 11 is 0. The lowest BCUT2D eigenvalue weighted by Crippen LogP contribution is -2.31. The SMILES string of the molecule is CNCC1(CNCc2cc(F)ccc2OC)CC1. The van der Waals surface area contributed by atoms with Crippen molar-refractivity contribution in [1.29, 1.82) is 0 Å². The first-order valence-corrected chi connectivity index (χ1v) is 6.37. The molecule has 1 aliphatic carbocycles. The molecule has 0 aliphatic heterocycles. The van der Waals surface area contributed by atoms with Crippen molar-refractivity contribution in [1.82, 2.24) is 10.6 Å². The van der Waals surface area contributed by atoms with Gasteiger partial charge >= 0.3 is 0 Å². The maximum atomic E-state index is 13.2. The first-order chi connectivity index (χ1) is 8.69. The Hall–Kier alpha value is -1.13. The molecule has 0 saturated heterocycles. The third-order valence-corrected chi connectivity index (χ3v) is 3.57.